The molecule has 2 aliphatic heterocycles. The molecule has 1 N–H and O–H groups in total. The van der Waals surface area contributed by atoms with E-state index in [4.69, 9.17) is 16.3 Å². The van der Waals surface area contributed by atoms with Crippen LogP contribution in [0.4, 0.5) is 0 Å². The van der Waals surface area contributed by atoms with Crippen LogP contribution in [0.3, 0.4) is 0 Å². The van der Waals surface area contributed by atoms with E-state index in [9.17, 15) is 9.59 Å². The number of likely N-dealkylation sites (tertiary alicyclic amines) is 2. The van der Waals surface area contributed by atoms with E-state index in [0.29, 0.717) is 29.6 Å². The third kappa shape index (κ3) is 6.14. The molecular weight excluding hydrogens is 438 g/mol. The zero-order valence-electron chi connectivity index (χ0n) is 19.1. The topological polar surface area (TPSA) is 61.9 Å². The van der Waals surface area contributed by atoms with Crippen molar-refractivity contribution < 1.29 is 14.3 Å². The number of carbonyl (C=O) groups is 2. The number of esters is 1. The number of amides is 1. The molecule has 0 aromatic heterocycles. The van der Waals surface area contributed by atoms with Crippen molar-refractivity contribution in [3.05, 3.63) is 70.7 Å². The molecular formula is C26H32ClN3O3. The molecule has 0 aliphatic carbocycles. The van der Waals surface area contributed by atoms with Crippen molar-refractivity contribution in [1.29, 1.82) is 0 Å². The van der Waals surface area contributed by atoms with Crippen LogP contribution in [0.1, 0.15) is 35.2 Å². The third-order valence-electron chi connectivity index (χ3n) is 6.82. The fourth-order valence-electron chi connectivity index (χ4n) is 5.04. The molecule has 0 saturated carbocycles. The van der Waals surface area contributed by atoms with Crippen LogP contribution in [0.15, 0.2) is 54.6 Å². The highest BCUT2D eigenvalue weighted by Crippen LogP contribution is 2.27. The van der Waals surface area contributed by atoms with Crippen LogP contribution in [-0.4, -0.2) is 73.1 Å². The van der Waals surface area contributed by atoms with E-state index in [-0.39, 0.29) is 24.0 Å². The maximum Gasteiger partial charge on any atom is 0.323 e. The molecule has 4 rings (SSSR count). The number of carbonyl (C=O) groups excluding carboxylic acids is 2. The second-order valence-corrected chi connectivity index (χ2v) is 9.40. The first kappa shape index (κ1) is 23.7. The SMILES string of the molecule is COC(=O)[C@@H]1C[C@H](NC(=O)c2cccc(Cl)c2)CN1C1CCN(CCc2ccccc2)CC1. The van der Waals surface area contributed by atoms with Crippen molar-refractivity contribution in [3.63, 3.8) is 0 Å². The summed E-state index contributed by atoms with van der Waals surface area (Å²) >= 11 is 6.03. The molecule has 2 saturated heterocycles. The van der Waals surface area contributed by atoms with Gasteiger partial charge in [-0.15, -0.1) is 0 Å². The highest BCUT2D eigenvalue weighted by Gasteiger charge is 2.42. The third-order valence-corrected chi connectivity index (χ3v) is 7.06. The number of benzene rings is 2. The molecule has 33 heavy (non-hydrogen) atoms. The first-order valence-corrected chi connectivity index (χ1v) is 12.1. The first-order chi connectivity index (χ1) is 16.0. The number of hydrogen-bond donors (Lipinski definition) is 1. The number of ether oxygens (including phenoxy) is 1. The Labute approximate surface area is 200 Å². The van der Waals surface area contributed by atoms with Crippen molar-refractivity contribution in [1.82, 2.24) is 15.1 Å². The Balaban J connectivity index is 1.33. The van der Waals surface area contributed by atoms with Crippen molar-refractivity contribution in [3.8, 4) is 0 Å². The molecule has 0 spiro atoms. The van der Waals surface area contributed by atoms with E-state index >= 15 is 0 Å². The van der Waals surface area contributed by atoms with Gasteiger partial charge in [0.25, 0.3) is 5.91 Å². The summed E-state index contributed by atoms with van der Waals surface area (Å²) in [6, 6.07) is 17.4. The second kappa shape index (κ2) is 11.1. The minimum atomic E-state index is -0.319. The van der Waals surface area contributed by atoms with Gasteiger partial charge in [-0.25, -0.2) is 0 Å². The zero-order chi connectivity index (χ0) is 23.2. The summed E-state index contributed by atoms with van der Waals surface area (Å²) < 4.78 is 5.10. The summed E-state index contributed by atoms with van der Waals surface area (Å²) in [4.78, 5) is 30.0. The minimum Gasteiger partial charge on any atom is -0.468 e. The van der Waals surface area contributed by atoms with E-state index < -0.39 is 0 Å². The van der Waals surface area contributed by atoms with E-state index in [1.807, 2.05) is 6.07 Å². The van der Waals surface area contributed by atoms with E-state index in [2.05, 4.69) is 39.4 Å². The Hall–Kier alpha value is -2.41. The minimum absolute atomic E-state index is 0.100. The van der Waals surface area contributed by atoms with Crippen molar-refractivity contribution in [2.45, 2.75) is 43.8 Å². The smallest absolute Gasteiger partial charge is 0.323 e. The number of nitrogens with zero attached hydrogens (tertiary/aromatic N) is 2. The first-order valence-electron chi connectivity index (χ1n) is 11.7. The van der Waals surface area contributed by atoms with Gasteiger partial charge in [-0.05, 0) is 62.5 Å². The van der Waals surface area contributed by atoms with Crippen LogP contribution in [-0.2, 0) is 16.0 Å². The van der Waals surface area contributed by atoms with Gasteiger partial charge in [0.1, 0.15) is 6.04 Å². The molecule has 1 amide bonds. The van der Waals surface area contributed by atoms with Crippen LogP contribution in [0, 0.1) is 0 Å². The standard InChI is InChI=1S/C26H32ClN3O3/c1-33-26(32)24-17-22(28-25(31)20-8-5-9-21(27)16-20)18-30(24)23-11-14-29(15-12-23)13-10-19-6-3-2-4-7-19/h2-9,16,22-24H,10-15,17-18H2,1H3,(H,28,31)/t22-,24-/m0/s1. The highest BCUT2D eigenvalue weighted by molar-refractivity contribution is 6.30. The van der Waals surface area contributed by atoms with Gasteiger partial charge >= 0.3 is 5.97 Å². The Morgan fingerprint density at radius 1 is 1.09 bits per heavy atom. The quantitative estimate of drug-likeness (QED) is 0.630. The summed E-state index contributed by atoms with van der Waals surface area (Å²) in [6.45, 7) is 3.74. The number of nitrogens with one attached hydrogen (secondary N) is 1. The van der Waals surface area contributed by atoms with Crippen LogP contribution in [0.5, 0.6) is 0 Å². The Bertz CT molecular complexity index is 947. The van der Waals surface area contributed by atoms with E-state index in [1.54, 1.807) is 24.3 Å². The molecule has 2 atom stereocenters. The van der Waals surface area contributed by atoms with Crippen LogP contribution < -0.4 is 5.32 Å². The summed E-state index contributed by atoms with van der Waals surface area (Å²) in [5.41, 5.74) is 1.89. The molecule has 0 unspecified atom stereocenters. The predicted octanol–water partition coefficient (Wildman–Crippen LogP) is 3.39. The monoisotopic (exact) mass is 469 g/mol. The van der Waals surface area contributed by atoms with Crippen LogP contribution >= 0.6 is 11.6 Å². The number of rotatable bonds is 7. The lowest BCUT2D eigenvalue weighted by Crippen LogP contribution is -2.49. The number of halogens is 1. The highest BCUT2D eigenvalue weighted by atomic mass is 35.5. The fraction of sp³-hybridized carbons (Fsp3) is 0.462. The van der Waals surface area contributed by atoms with Gasteiger partial charge in [-0.1, -0.05) is 48.0 Å². The van der Waals surface area contributed by atoms with Gasteiger partial charge < -0.3 is 15.0 Å². The number of hydrogen-bond acceptors (Lipinski definition) is 5. The molecule has 2 aromatic rings. The molecule has 0 bridgehead atoms. The average Bonchev–Trinajstić information content (AvgIpc) is 3.27. The summed E-state index contributed by atoms with van der Waals surface area (Å²) in [6.07, 6.45) is 3.64. The molecule has 2 aromatic carbocycles. The predicted molar refractivity (Wildman–Crippen MR) is 129 cm³/mol. The van der Waals surface area contributed by atoms with Crippen molar-refractivity contribution in [2.75, 3.05) is 33.3 Å². The molecule has 6 nitrogen and oxygen atoms in total. The van der Waals surface area contributed by atoms with Crippen molar-refractivity contribution in [2.24, 2.45) is 0 Å². The van der Waals surface area contributed by atoms with Gasteiger partial charge in [0.2, 0.25) is 0 Å². The Morgan fingerprint density at radius 3 is 2.55 bits per heavy atom. The summed E-state index contributed by atoms with van der Waals surface area (Å²) in [5.74, 6) is -0.385. The fourth-order valence-corrected chi connectivity index (χ4v) is 5.23. The molecule has 176 valence electrons. The van der Waals surface area contributed by atoms with Gasteiger partial charge in [0.05, 0.1) is 7.11 Å². The second-order valence-electron chi connectivity index (χ2n) is 8.96. The lowest BCUT2D eigenvalue weighted by molar-refractivity contribution is -0.147. The molecule has 2 heterocycles. The Morgan fingerprint density at radius 2 is 1.85 bits per heavy atom. The number of piperidine rings is 1. The molecule has 2 aliphatic rings. The van der Waals surface area contributed by atoms with E-state index in [0.717, 1.165) is 38.9 Å². The molecule has 0 radical (unpaired) electrons. The molecule has 2 fully saturated rings. The average molecular weight is 470 g/mol. The zero-order valence-corrected chi connectivity index (χ0v) is 19.8. The van der Waals surface area contributed by atoms with Crippen LogP contribution in [0.2, 0.25) is 5.02 Å². The van der Waals surface area contributed by atoms with Gasteiger partial charge in [0, 0.05) is 35.8 Å². The van der Waals surface area contributed by atoms with E-state index in [1.165, 1.54) is 12.7 Å². The van der Waals surface area contributed by atoms with Crippen LogP contribution in [0.25, 0.3) is 0 Å². The normalized spacial score (nSPS) is 22.2. The Kier molecular flexibility index (Phi) is 8.02. The lowest BCUT2D eigenvalue weighted by Gasteiger charge is -2.38. The van der Waals surface area contributed by atoms with Gasteiger partial charge in [-0.3, -0.25) is 14.5 Å². The van der Waals surface area contributed by atoms with Gasteiger partial charge in [-0.2, -0.15) is 0 Å². The van der Waals surface area contributed by atoms with Gasteiger partial charge in [0.15, 0.2) is 0 Å². The molecule has 7 heteroatoms. The summed E-state index contributed by atoms with van der Waals surface area (Å²) in [7, 11) is 1.44. The maximum absolute atomic E-state index is 12.7. The summed E-state index contributed by atoms with van der Waals surface area (Å²) in [5, 5.41) is 3.62. The largest absolute Gasteiger partial charge is 0.468 e. The lowest BCUT2D eigenvalue weighted by atomic mass is 10.0. The maximum atomic E-state index is 12.7. The van der Waals surface area contributed by atoms with Crippen molar-refractivity contribution >= 4 is 23.5 Å². The number of methoxy groups -OCH3 is 1.